The summed E-state index contributed by atoms with van der Waals surface area (Å²) in [5.74, 6) is 0. The van der Waals surface area contributed by atoms with Crippen LogP contribution in [0.2, 0.25) is 0 Å². The Balaban J connectivity index is 1.84. The van der Waals surface area contributed by atoms with Crippen LogP contribution in [-0.2, 0) is 5.54 Å². The zero-order valence-electron chi connectivity index (χ0n) is 13.4. The number of rotatable bonds is 2. The average molecular weight is 320 g/mol. The molecule has 0 amide bonds. The van der Waals surface area contributed by atoms with Crippen molar-refractivity contribution >= 4 is 10.9 Å². The highest BCUT2D eigenvalue weighted by molar-refractivity contribution is 5.86. The van der Waals surface area contributed by atoms with E-state index in [1.54, 1.807) is 18.7 Å². The highest BCUT2D eigenvalue weighted by Gasteiger charge is 2.34. The van der Waals surface area contributed by atoms with E-state index >= 15 is 0 Å². The highest BCUT2D eigenvalue weighted by atomic mass is 14.9. The second-order valence-corrected chi connectivity index (χ2v) is 6.57. The lowest BCUT2D eigenvalue weighted by molar-refractivity contribution is 0.273. The summed E-state index contributed by atoms with van der Waals surface area (Å²) in [6.07, 6.45) is 10.3. The third-order valence-corrected chi connectivity index (χ3v) is 4.92. The fourth-order valence-electron chi connectivity index (χ4n) is 3.47. The minimum atomic E-state index is -0.442. The maximum absolute atomic E-state index is 6.73. The fraction of sp³-hybridized carbons (Fsp3) is 0.333. The van der Waals surface area contributed by atoms with Crippen molar-refractivity contribution in [1.29, 1.82) is 0 Å². The molecule has 122 valence electrons. The van der Waals surface area contributed by atoms with Crippen molar-refractivity contribution in [3.63, 3.8) is 0 Å². The van der Waals surface area contributed by atoms with Gasteiger partial charge in [0.05, 0.1) is 16.7 Å². The first-order valence-electron chi connectivity index (χ1n) is 8.21. The predicted octanol–water partition coefficient (Wildman–Crippen LogP) is 2.14. The van der Waals surface area contributed by atoms with Gasteiger partial charge < -0.3 is 11.5 Å². The zero-order chi connectivity index (χ0) is 16.6. The summed E-state index contributed by atoms with van der Waals surface area (Å²) in [5.41, 5.74) is 16.1. The van der Waals surface area contributed by atoms with Gasteiger partial charge in [0.1, 0.15) is 12.7 Å². The maximum Gasteiger partial charge on any atom is 0.116 e. The Morgan fingerprint density at radius 2 is 1.71 bits per heavy atom. The van der Waals surface area contributed by atoms with Gasteiger partial charge in [-0.15, -0.1) is 0 Å². The van der Waals surface area contributed by atoms with Gasteiger partial charge in [0.25, 0.3) is 0 Å². The molecule has 0 aliphatic heterocycles. The summed E-state index contributed by atoms with van der Waals surface area (Å²) < 4.78 is 0. The summed E-state index contributed by atoms with van der Waals surface area (Å²) in [6, 6.07) is 6.36. The number of hydrogen-bond acceptors (Lipinski definition) is 6. The molecule has 1 aromatic carbocycles. The van der Waals surface area contributed by atoms with E-state index in [0.29, 0.717) is 0 Å². The van der Waals surface area contributed by atoms with Crippen molar-refractivity contribution in [3.05, 3.63) is 48.9 Å². The summed E-state index contributed by atoms with van der Waals surface area (Å²) in [5, 5.41) is 0.997. The van der Waals surface area contributed by atoms with Gasteiger partial charge in [-0.1, -0.05) is 6.07 Å². The monoisotopic (exact) mass is 320 g/mol. The summed E-state index contributed by atoms with van der Waals surface area (Å²) in [6.45, 7) is 0. The Morgan fingerprint density at radius 3 is 2.46 bits per heavy atom. The topological polar surface area (TPSA) is 104 Å². The zero-order valence-corrected chi connectivity index (χ0v) is 13.4. The van der Waals surface area contributed by atoms with Crippen LogP contribution in [0, 0.1) is 0 Å². The molecule has 1 aliphatic rings. The van der Waals surface area contributed by atoms with E-state index in [2.05, 4.69) is 26.0 Å². The lowest BCUT2D eigenvalue weighted by Crippen LogP contribution is -2.44. The standard InChI is InChI=1S/C18H20N6/c19-14-3-5-18(20,6-4-14)17-15-7-12(13-8-21-10-22-9-13)1-2-16(15)23-11-24-17/h1-2,7-11,14H,3-6,19-20H2. The van der Waals surface area contributed by atoms with Crippen molar-refractivity contribution in [1.82, 2.24) is 19.9 Å². The molecular weight excluding hydrogens is 300 g/mol. The predicted molar refractivity (Wildman–Crippen MR) is 92.9 cm³/mol. The maximum atomic E-state index is 6.73. The molecule has 6 heteroatoms. The molecule has 1 aliphatic carbocycles. The van der Waals surface area contributed by atoms with Crippen molar-refractivity contribution in [3.8, 4) is 11.1 Å². The van der Waals surface area contributed by atoms with E-state index in [9.17, 15) is 0 Å². The summed E-state index contributed by atoms with van der Waals surface area (Å²) in [7, 11) is 0. The highest BCUT2D eigenvalue weighted by Crippen LogP contribution is 2.37. The summed E-state index contributed by atoms with van der Waals surface area (Å²) >= 11 is 0. The van der Waals surface area contributed by atoms with Crippen LogP contribution in [0.4, 0.5) is 0 Å². The largest absolute Gasteiger partial charge is 0.328 e. The molecule has 2 aromatic heterocycles. The second-order valence-electron chi connectivity index (χ2n) is 6.57. The van der Waals surface area contributed by atoms with Crippen LogP contribution in [0.15, 0.2) is 43.2 Å². The van der Waals surface area contributed by atoms with Crippen molar-refractivity contribution in [2.45, 2.75) is 37.3 Å². The lowest BCUT2D eigenvalue weighted by Gasteiger charge is -2.36. The Labute approximate surface area is 140 Å². The van der Waals surface area contributed by atoms with Crippen molar-refractivity contribution in [2.24, 2.45) is 11.5 Å². The van der Waals surface area contributed by atoms with Crippen LogP contribution < -0.4 is 11.5 Å². The van der Waals surface area contributed by atoms with Crippen molar-refractivity contribution in [2.75, 3.05) is 0 Å². The van der Waals surface area contributed by atoms with Crippen LogP contribution >= 0.6 is 0 Å². The van der Waals surface area contributed by atoms with E-state index in [4.69, 9.17) is 11.5 Å². The molecule has 3 aromatic rings. The van der Waals surface area contributed by atoms with Crippen LogP contribution in [0.3, 0.4) is 0 Å². The van der Waals surface area contributed by atoms with Crippen LogP contribution in [0.1, 0.15) is 31.4 Å². The van der Waals surface area contributed by atoms with Gasteiger partial charge in [0.2, 0.25) is 0 Å². The van der Waals surface area contributed by atoms with Gasteiger partial charge in [0, 0.05) is 29.4 Å². The minimum Gasteiger partial charge on any atom is -0.328 e. The first kappa shape index (κ1) is 15.1. The molecule has 4 N–H and O–H groups in total. The van der Waals surface area contributed by atoms with E-state index in [0.717, 1.165) is 53.4 Å². The van der Waals surface area contributed by atoms with Crippen LogP contribution in [0.25, 0.3) is 22.0 Å². The fourth-order valence-corrected chi connectivity index (χ4v) is 3.47. The molecule has 0 atom stereocenters. The lowest BCUT2D eigenvalue weighted by atomic mass is 9.77. The van der Waals surface area contributed by atoms with Gasteiger partial charge >= 0.3 is 0 Å². The number of benzene rings is 1. The molecule has 0 spiro atoms. The third-order valence-electron chi connectivity index (χ3n) is 4.92. The van der Waals surface area contributed by atoms with Gasteiger partial charge in [-0.3, -0.25) is 0 Å². The minimum absolute atomic E-state index is 0.242. The molecule has 4 rings (SSSR count). The van der Waals surface area contributed by atoms with Gasteiger partial charge in [-0.2, -0.15) is 0 Å². The molecule has 1 fully saturated rings. The summed E-state index contributed by atoms with van der Waals surface area (Å²) in [4.78, 5) is 17.1. The number of nitrogens with zero attached hydrogens (tertiary/aromatic N) is 4. The molecule has 1 saturated carbocycles. The van der Waals surface area contributed by atoms with E-state index in [1.807, 2.05) is 12.1 Å². The number of fused-ring (bicyclic) bond motifs is 1. The molecule has 0 bridgehead atoms. The Hall–Kier alpha value is -2.44. The first-order valence-corrected chi connectivity index (χ1v) is 8.21. The van der Waals surface area contributed by atoms with Gasteiger partial charge in [-0.25, -0.2) is 19.9 Å². The smallest absolute Gasteiger partial charge is 0.116 e. The van der Waals surface area contributed by atoms with Crippen LogP contribution in [0.5, 0.6) is 0 Å². The Kier molecular flexibility index (Phi) is 3.70. The van der Waals surface area contributed by atoms with E-state index in [1.165, 1.54) is 6.33 Å². The Morgan fingerprint density at radius 1 is 0.958 bits per heavy atom. The molecule has 0 saturated heterocycles. The number of nitrogens with two attached hydrogens (primary N) is 2. The Bertz CT molecular complexity index is 856. The molecule has 6 nitrogen and oxygen atoms in total. The second kappa shape index (κ2) is 5.89. The quantitative estimate of drug-likeness (QED) is 0.750. The van der Waals surface area contributed by atoms with Crippen LogP contribution in [-0.4, -0.2) is 26.0 Å². The van der Waals surface area contributed by atoms with E-state index < -0.39 is 5.54 Å². The molecule has 2 heterocycles. The molecule has 0 unspecified atom stereocenters. The van der Waals surface area contributed by atoms with E-state index in [-0.39, 0.29) is 6.04 Å². The molecule has 0 radical (unpaired) electrons. The first-order chi connectivity index (χ1) is 11.7. The number of hydrogen-bond donors (Lipinski definition) is 2. The third kappa shape index (κ3) is 2.64. The average Bonchev–Trinajstić information content (AvgIpc) is 2.64. The van der Waals surface area contributed by atoms with Gasteiger partial charge in [-0.05, 0) is 43.4 Å². The SMILES string of the molecule is NC1CCC(N)(c2ncnc3ccc(-c4cncnc4)cc23)CC1. The molecule has 24 heavy (non-hydrogen) atoms. The van der Waals surface area contributed by atoms with Gasteiger partial charge in [0.15, 0.2) is 0 Å². The van der Waals surface area contributed by atoms with Crippen molar-refractivity contribution < 1.29 is 0 Å². The molecular formula is C18H20N6. The normalized spacial score (nSPS) is 24.2. The number of aromatic nitrogens is 4.